The minimum atomic E-state index is -3.55. The fraction of sp³-hybridized carbons (Fsp3) is 0.240. The Morgan fingerprint density at radius 3 is 2.06 bits per heavy atom. The van der Waals surface area contributed by atoms with Crippen molar-refractivity contribution >= 4 is 27.5 Å². The topological polar surface area (TPSA) is 140 Å². The van der Waals surface area contributed by atoms with Crippen molar-refractivity contribution in [3.8, 4) is 6.07 Å². The van der Waals surface area contributed by atoms with Crippen molar-refractivity contribution < 1.29 is 27.5 Å². The van der Waals surface area contributed by atoms with Gasteiger partial charge in [0.05, 0.1) is 47.5 Å². The first-order chi connectivity index (χ1) is 16.6. The molecule has 0 aliphatic carbocycles. The number of anilines is 1. The van der Waals surface area contributed by atoms with Gasteiger partial charge in [-0.15, -0.1) is 0 Å². The Bertz CT molecular complexity index is 1350. The third kappa shape index (κ3) is 4.50. The van der Waals surface area contributed by atoms with Crippen LogP contribution in [0.1, 0.15) is 25.3 Å². The van der Waals surface area contributed by atoms with Crippen molar-refractivity contribution in [3.05, 3.63) is 82.8 Å². The van der Waals surface area contributed by atoms with E-state index in [1.165, 1.54) is 29.2 Å². The number of benzene rings is 2. The standard InChI is InChI=1S/C25H25N3O6S/c1-15(2)35(31,32)18-12-10-17(11-13-18)28-22(25(30)34-4)21(24(29)33-3)20(19(14-26)23(28)27)16-8-6-5-7-9-16/h5-13,15,20H,27H2,1-4H3. The Kier molecular flexibility index (Phi) is 7.31. The van der Waals surface area contributed by atoms with Gasteiger partial charge >= 0.3 is 11.9 Å². The van der Waals surface area contributed by atoms with Crippen LogP contribution in [0.3, 0.4) is 0 Å². The molecule has 0 spiro atoms. The van der Waals surface area contributed by atoms with Crippen LogP contribution in [0.5, 0.6) is 0 Å². The van der Waals surface area contributed by atoms with E-state index in [0.29, 0.717) is 5.56 Å². The second-order valence-corrected chi connectivity index (χ2v) is 10.4. The van der Waals surface area contributed by atoms with E-state index in [1.54, 1.807) is 44.2 Å². The molecule has 1 aliphatic heterocycles. The van der Waals surface area contributed by atoms with Gasteiger partial charge in [0.2, 0.25) is 0 Å². The van der Waals surface area contributed by atoms with Crippen LogP contribution in [-0.2, 0) is 28.9 Å². The molecule has 0 aromatic heterocycles. The number of nitrogens with two attached hydrogens (primary N) is 1. The second-order valence-electron chi connectivity index (χ2n) is 7.92. The third-order valence-corrected chi connectivity index (χ3v) is 7.82. The molecule has 9 nitrogen and oxygen atoms in total. The fourth-order valence-electron chi connectivity index (χ4n) is 3.84. The van der Waals surface area contributed by atoms with Gasteiger partial charge in [0, 0.05) is 5.69 Å². The quantitative estimate of drug-likeness (QED) is 0.599. The number of nitrogens with zero attached hydrogens (tertiary/aromatic N) is 2. The van der Waals surface area contributed by atoms with Crippen LogP contribution in [0.4, 0.5) is 5.69 Å². The first-order valence-corrected chi connectivity index (χ1v) is 12.1. The van der Waals surface area contributed by atoms with Gasteiger partial charge in [-0.25, -0.2) is 18.0 Å². The zero-order valence-corrected chi connectivity index (χ0v) is 20.5. The number of hydrogen-bond acceptors (Lipinski definition) is 9. The smallest absolute Gasteiger partial charge is 0.355 e. The van der Waals surface area contributed by atoms with Crippen LogP contribution in [0.15, 0.2) is 82.2 Å². The molecule has 2 aromatic rings. The monoisotopic (exact) mass is 495 g/mol. The number of rotatable bonds is 6. The van der Waals surface area contributed by atoms with E-state index in [9.17, 15) is 23.3 Å². The summed E-state index contributed by atoms with van der Waals surface area (Å²) in [7, 11) is -1.24. The Labute approximate surface area is 204 Å². The normalized spacial score (nSPS) is 16.2. The number of ether oxygens (including phenoxy) is 2. The highest BCUT2D eigenvalue weighted by Gasteiger charge is 2.43. The molecule has 0 fully saturated rings. The Hall–Kier alpha value is -4.10. The highest BCUT2D eigenvalue weighted by atomic mass is 32.2. The molecule has 1 atom stereocenters. The van der Waals surface area contributed by atoms with E-state index >= 15 is 0 Å². The lowest BCUT2D eigenvalue weighted by atomic mass is 9.81. The van der Waals surface area contributed by atoms with Crippen LogP contribution in [0.2, 0.25) is 0 Å². The van der Waals surface area contributed by atoms with Gasteiger partial charge in [-0.1, -0.05) is 30.3 Å². The number of methoxy groups -OCH3 is 2. The summed E-state index contributed by atoms with van der Waals surface area (Å²) in [6.07, 6.45) is 0. The molecule has 0 bridgehead atoms. The minimum Gasteiger partial charge on any atom is -0.466 e. The van der Waals surface area contributed by atoms with Gasteiger partial charge in [0.1, 0.15) is 11.5 Å². The summed E-state index contributed by atoms with van der Waals surface area (Å²) in [5.74, 6) is -2.82. The maximum Gasteiger partial charge on any atom is 0.355 e. The largest absolute Gasteiger partial charge is 0.466 e. The van der Waals surface area contributed by atoms with Crippen LogP contribution < -0.4 is 10.6 Å². The van der Waals surface area contributed by atoms with E-state index in [-0.39, 0.29) is 33.2 Å². The van der Waals surface area contributed by atoms with E-state index in [0.717, 1.165) is 14.2 Å². The summed E-state index contributed by atoms with van der Waals surface area (Å²) < 4.78 is 35.1. The van der Waals surface area contributed by atoms with Crippen molar-refractivity contribution in [2.75, 3.05) is 19.1 Å². The number of carbonyl (C=O) groups excluding carboxylic acids is 2. The summed E-state index contributed by atoms with van der Waals surface area (Å²) in [5.41, 5.74) is 6.88. The summed E-state index contributed by atoms with van der Waals surface area (Å²) >= 11 is 0. The van der Waals surface area contributed by atoms with Crippen molar-refractivity contribution in [3.63, 3.8) is 0 Å². The molecular weight excluding hydrogens is 470 g/mol. The molecular formula is C25H25N3O6S. The highest BCUT2D eigenvalue weighted by molar-refractivity contribution is 7.92. The molecule has 182 valence electrons. The molecule has 0 amide bonds. The zero-order valence-electron chi connectivity index (χ0n) is 19.7. The van der Waals surface area contributed by atoms with E-state index in [4.69, 9.17) is 15.2 Å². The lowest BCUT2D eigenvalue weighted by Crippen LogP contribution is -2.40. The number of nitriles is 1. The number of esters is 2. The van der Waals surface area contributed by atoms with Crippen molar-refractivity contribution in [2.45, 2.75) is 29.9 Å². The van der Waals surface area contributed by atoms with Gasteiger partial charge in [-0.3, -0.25) is 4.90 Å². The van der Waals surface area contributed by atoms with E-state index in [1.807, 2.05) is 0 Å². The maximum absolute atomic E-state index is 13.0. The predicted molar refractivity (Wildman–Crippen MR) is 128 cm³/mol. The molecule has 2 N–H and O–H groups in total. The Balaban J connectivity index is 2.34. The zero-order chi connectivity index (χ0) is 25.9. The number of carbonyl (C=O) groups is 2. The van der Waals surface area contributed by atoms with E-state index in [2.05, 4.69) is 6.07 Å². The highest BCUT2D eigenvalue weighted by Crippen LogP contribution is 2.43. The molecule has 1 aliphatic rings. The van der Waals surface area contributed by atoms with Crippen LogP contribution in [0, 0.1) is 11.3 Å². The lowest BCUT2D eigenvalue weighted by molar-refractivity contribution is -0.139. The molecule has 2 aromatic carbocycles. The maximum atomic E-state index is 13.0. The minimum absolute atomic E-state index is 0.0168. The van der Waals surface area contributed by atoms with Gasteiger partial charge in [-0.05, 0) is 43.7 Å². The summed E-state index contributed by atoms with van der Waals surface area (Å²) in [6.45, 7) is 3.14. The number of allylic oxidation sites excluding steroid dienone is 1. The van der Waals surface area contributed by atoms with E-state index < -0.39 is 32.9 Å². The van der Waals surface area contributed by atoms with Gasteiger partial charge in [0.15, 0.2) is 9.84 Å². The molecule has 0 saturated heterocycles. The summed E-state index contributed by atoms with van der Waals surface area (Å²) in [5, 5.41) is 9.40. The van der Waals surface area contributed by atoms with Crippen molar-refractivity contribution in [2.24, 2.45) is 5.73 Å². The molecule has 1 unspecified atom stereocenters. The average molecular weight is 496 g/mol. The van der Waals surface area contributed by atoms with Gasteiger partial charge < -0.3 is 15.2 Å². The predicted octanol–water partition coefficient (Wildman–Crippen LogP) is 2.77. The molecule has 1 heterocycles. The van der Waals surface area contributed by atoms with Crippen LogP contribution in [-0.4, -0.2) is 39.8 Å². The first-order valence-electron chi connectivity index (χ1n) is 10.6. The third-order valence-electron chi connectivity index (χ3n) is 5.65. The van der Waals surface area contributed by atoms with Crippen LogP contribution >= 0.6 is 0 Å². The van der Waals surface area contributed by atoms with Gasteiger partial charge in [-0.2, -0.15) is 5.26 Å². The number of sulfone groups is 1. The Morgan fingerprint density at radius 2 is 1.57 bits per heavy atom. The summed E-state index contributed by atoms with van der Waals surface area (Å²) in [6, 6.07) is 16.3. The average Bonchev–Trinajstić information content (AvgIpc) is 2.87. The van der Waals surface area contributed by atoms with Crippen LogP contribution in [0.25, 0.3) is 0 Å². The first kappa shape index (κ1) is 25.5. The molecule has 0 saturated carbocycles. The Morgan fingerprint density at radius 1 is 1.00 bits per heavy atom. The SMILES string of the molecule is COC(=O)C1=C(C(=O)OC)N(c2ccc(S(=O)(=O)C(C)C)cc2)C(N)=C(C#N)C1c1ccccc1. The van der Waals surface area contributed by atoms with Gasteiger partial charge in [0.25, 0.3) is 0 Å². The second kappa shape index (κ2) is 10.0. The molecule has 35 heavy (non-hydrogen) atoms. The lowest BCUT2D eigenvalue weighted by Gasteiger charge is -2.35. The molecule has 3 rings (SSSR count). The molecule has 10 heteroatoms. The number of hydrogen-bond donors (Lipinski definition) is 1. The van der Waals surface area contributed by atoms with Crippen molar-refractivity contribution in [1.82, 2.24) is 0 Å². The molecule has 0 radical (unpaired) electrons. The van der Waals surface area contributed by atoms with Crippen molar-refractivity contribution in [1.29, 1.82) is 5.26 Å². The fourth-order valence-corrected chi connectivity index (χ4v) is 4.90. The summed E-state index contributed by atoms with van der Waals surface area (Å²) in [4.78, 5) is 27.3.